The molecule has 0 aliphatic carbocycles. The fourth-order valence-electron chi connectivity index (χ4n) is 1.97. The molecule has 1 aromatic carbocycles. The van der Waals surface area contributed by atoms with Gasteiger partial charge in [-0.2, -0.15) is 0 Å². The normalized spacial score (nSPS) is 10.7. The summed E-state index contributed by atoms with van der Waals surface area (Å²) in [6.07, 6.45) is 0. The third kappa shape index (κ3) is 3.59. The molecule has 0 saturated heterocycles. The molecule has 2 aromatic rings. The third-order valence-corrected chi connectivity index (χ3v) is 4.00. The maximum absolute atomic E-state index is 5.99. The van der Waals surface area contributed by atoms with Crippen LogP contribution < -0.4 is 10.1 Å². The van der Waals surface area contributed by atoms with Gasteiger partial charge in [-0.3, -0.25) is 0 Å². The van der Waals surface area contributed by atoms with Gasteiger partial charge in [0.25, 0.3) is 0 Å². The molecule has 20 heavy (non-hydrogen) atoms. The summed E-state index contributed by atoms with van der Waals surface area (Å²) in [5, 5.41) is 3.15. The lowest BCUT2D eigenvalue weighted by molar-refractivity contribution is 0.449. The Morgan fingerprint density at radius 2 is 1.95 bits per heavy atom. The number of hydrogen-bond acceptors (Lipinski definition) is 3. The van der Waals surface area contributed by atoms with Crippen molar-refractivity contribution >= 4 is 31.9 Å². The van der Waals surface area contributed by atoms with Crippen LogP contribution in [-0.2, 0) is 6.54 Å². The number of ether oxygens (including phenoxy) is 1. The zero-order valence-corrected chi connectivity index (χ0v) is 14.8. The maximum Gasteiger partial charge on any atom is 0.224 e. The SMILES string of the molecule is CNCc1c(C)cc(C)nc1Oc1ccc(Br)cc1Br. The van der Waals surface area contributed by atoms with Gasteiger partial charge in [-0.1, -0.05) is 15.9 Å². The number of nitrogens with zero attached hydrogens (tertiary/aromatic N) is 1. The van der Waals surface area contributed by atoms with Gasteiger partial charge in [-0.15, -0.1) is 0 Å². The van der Waals surface area contributed by atoms with E-state index < -0.39 is 0 Å². The summed E-state index contributed by atoms with van der Waals surface area (Å²) in [6.45, 7) is 4.77. The number of halogens is 2. The van der Waals surface area contributed by atoms with Crippen molar-refractivity contribution in [3.63, 3.8) is 0 Å². The van der Waals surface area contributed by atoms with Crippen LogP contribution in [0.25, 0.3) is 0 Å². The van der Waals surface area contributed by atoms with E-state index in [-0.39, 0.29) is 0 Å². The van der Waals surface area contributed by atoms with Gasteiger partial charge >= 0.3 is 0 Å². The number of hydrogen-bond donors (Lipinski definition) is 1. The lowest BCUT2D eigenvalue weighted by Gasteiger charge is -2.14. The zero-order chi connectivity index (χ0) is 14.7. The minimum absolute atomic E-state index is 0.653. The van der Waals surface area contributed by atoms with Crippen LogP contribution in [-0.4, -0.2) is 12.0 Å². The lowest BCUT2D eigenvalue weighted by atomic mass is 10.1. The average Bonchev–Trinajstić information content (AvgIpc) is 2.37. The smallest absolute Gasteiger partial charge is 0.224 e. The summed E-state index contributed by atoms with van der Waals surface area (Å²) >= 11 is 6.94. The van der Waals surface area contributed by atoms with Gasteiger partial charge in [0.1, 0.15) is 5.75 Å². The van der Waals surface area contributed by atoms with E-state index in [0.717, 1.165) is 32.5 Å². The highest BCUT2D eigenvalue weighted by Crippen LogP contribution is 2.33. The molecular weight excluding hydrogens is 384 g/mol. The van der Waals surface area contributed by atoms with Crippen molar-refractivity contribution in [2.45, 2.75) is 20.4 Å². The van der Waals surface area contributed by atoms with E-state index in [0.29, 0.717) is 5.88 Å². The molecule has 0 atom stereocenters. The Balaban J connectivity index is 2.41. The van der Waals surface area contributed by atoms with Crippen LogP contribution in [0.1, 0.15) is 16.8 Å². The molecule has 0 aliphatic rings. The number of aryl methyl sites for hydroxylation is 2. The number of rotatable bonds is 4. The summed E-state index contributed by atoms with van der Waals surface area (Å²) < 4.78 is 7.88. The molecule has 0 radical (unpaired) electrons. The lowest BCUT2D eigenvalue weighted by Crippen LogP contribution is -2.09. The monoisotopic (exact) mass is 398 g/mol. The van der Waals surface area contributed by atoms with Crippen molar-refractivity contribution in [3.8, 4) is 11.6 Å². The van der Waals surface area contributed by atoms with Crippen LogP contribution in [0.2, 0.25) is 0 Å². The Bertz CT molecular complexity index is 630. The molecule has 2 rings (SSSR count). The Hall–Kier alpha value is -0.910. The molecule has 0 aliphatic heterocycles. The molecule has 0 fully saturated rings. The zero-order valence-electron chi connectivity index (χ0n) is 11.6. The average molecular weight is 400 g/mol. The third-order valence-electron chi connectivity index (χ3n) is 2.89. The second-order valence-electron chi connectivity index (χ2n) is 4.57. The molecule has 0 saturated carbocycles. The van der Waals surface area contributed by atoms with Crippen molar-refractivity contribution in [2.24, 2.45) is 0 Å². The topological polar surface area (TPSA) is 34.2 Å². The fraction of sp³-hybridized carbons (Fsp3) is 0.267. The van der Waals surface area contributed by atoms with Gasteiger partial charge in [0.15, 0.2) is 0 Å². The van der Waals surface area contributed by atoms with Gasteiger partial charge in [0.2, 0.25) is 5.88 Å². The molecule has 0 amide bonds. The Morgan fingerprint density at radius 1 is 1.20 bits per heavy atom. The molecule has 0 bridgehead atoms. The van der Waals surface area contributed by atoms with E-state index in [1.54, 1.807) is 0 Å². The first-order chi connectivity index (χ1) is 9.51. The first-order valence-electron chi connectivity index (χ1n) is 6.26. The van der Waals surface area contributed by atoms with Crippen LogP contribution in [0, 0.1) is 13.8 Å². The maximum atomic E-state index is 5.99. The second-order valence-corrected chi connectivity index (χ2v) is 6.34. The van der Waals surface area contributed by atoms with E-state index in [2.05, 4.69) is 55.2 Å². The number of pyridine rings is 1. The summed E-state index contributed by atoms with van der Waals surface area (Å²) in [6, 6.07) is 7.88. The fourth-order valence-corrected chi connectivity index (χ4v) is 3.10. The number of aromatic nitrogens is 1. The van der Waals surface area contributed by atoms with Crippen molar-refractivity contribution in [3.05, 3.63) is 50.0 Å². The molecule has 1 aromatic heterocycles. The first kappa shape index (κ1) is 15.5. The van der Waals surface area contributed by atoms with E-state index >= 15 is 0 Å². The minimum atomic E-state index is 0.653. The standard InChI is InChI=1S/C15H16Br2N2O/c1-9-6-10(2)19-15(12(9)8-18-3)20-14-5-4-11(16)7-13(14)17/h4-7,18H,8H2,1-3H3. The Labute approximate surface area is 136 Å². The molecule has 106 valence electrons. The van der Waals surface area contributed by atoms with E-state index in [9.17, 15) is 0 Å². The summed E-state index contributed by atoms with van der Waals surface area (Å²) in [5.74, 6) is 1.41. The Kier molecular flexibility index (Phi) is 5.18. The van der Waals surface area contributed by atoms with Gasteiger partial charge in [-0.25, -0.2) is 4.98 Å². The molecular formula is C15H16Br2N2O. The second kappa shape index (κ2) is 6.70. The van der Waals surface area contributed by atoms with Crippen molar-refractivity contribution < 1.29 is 4.74 Å². The van der Waals surface area contributed by atoms with Crippen molar-refractivity contribution in [1.82, 2.24) is 10.3 Å². The van der Waals surface area contributed by atoms with Crippen LogP contribution in [0.4, 0.5) is 0 Å². The highest BCUT2D eigenvalue weighted by atomic mass is 79.9. The van der Waals surface area contributed by atoms with Crippen LogP contribution >= 0.6 is 31.9 Å². The molecule has 3 nitrogen and oxygen atoms in total. The van der Waals surface area contributed by atoms with Crippen LogP contribution in [0.3, 0.4) is 0 Å². The van der Waals surface area contributed by atoms with Crippen LogP contribution in [0.15, 0.2) is 33.2 Å². The predicted octanol–water partition coefficient (Wildman–Crippen LogP) is 4.74. The highest BCUT2D eigenvalue weighted by Gasteiger charge is 2.12. The van der Waals surface area contributed by atoms with Gasteiger partial charge in [0.05, 0.1) is 4.47 Å². The number of benzene rings is 1. The predicted molar refractivity (Wildman–Crippen MR) is 88.4 cm³/mol. The highest BCUT2D eigenvalue weighted by molar-refractivity contribution is 9.11. The first-order valence-corrected chi connectivity index (χ1v) is 7.84. The van der Waals surface area contributed by atoms with E-state index in [4.69, 9.17) is 4.74 Å². The molecule has 5 heteroatoms. The summed E-state index contributed by atoms with van der Waals surface area (Å²) in [4.78, 5) is 4.52. The van der Waals surface area contributed by atoms with Gasteiger partial charge < -0.3 is 10.1 Å². The Morgan fingerprint density at radius 3 is 2.60 bits per heavy atom. The largest absolute Gasteiger partial charge is 0.437 e. The van der Waals surface area contributed by atoms with E-state index in [1.807, 2.05) is 32.2 Å². The van der Waals surface area contributed by atoms with Crippen LogP contribution in [0.5, 0.6) is 11.6 Å². The van der Waals surface area contributed by atoms with Crippen molar-refractivity contribution in [2.75, 3.05) is 7.05 Å². The minimum Gasteiger partial charge on any atom is -0.437 e. The molecule has 0 unspecified atom stereocenters. The molecule has 1 heterocycles. The molecule has 1 N–H and O–H groups in total. The van der Waals surface area contributed by atoms with E-state index in [1.165, 1.54) is 5.56 Å². The summed E-state index contributed by atoms with van der Waals surface area (Å²) in [7, 11) is 1.92. The summed E-state index contributed by atoms with van der Waals surface area (Å²) in [5.41, 5.74) is 3.20. The van der Waals surface area contributed by atoms with Gasteiger partial charge in [0, 0.05) is 22.3 Å². The van der Waals surface area contributed by atoms with Crippen molar-refractivity contribution in [1.29, 1.82) is 0 Å². The molecule has 0 spiro atoms. The number of nitrogens with one attached hydrogen (secondary N) is 1. The van der Waals surface area contributed by atoms with Gasteiger partial charge in [-0.05, 0) is 66.7 Å². The quantitative estimate of drug-likeness (QED) is 0.806.